The van der Waals surface area contributed by atoms with E-state index in [2.05, 4.69) is 85.2 Å². The Bertz CT molecular complexity index is 1000. The lowest BCUT2D eigenvalue weighted by molar-refractivity contribution is 0.106. The van der Waals surface area contributed by atoms with E-state index in [1.54, 1.807) is 0 Å². The van der Waals surface area contributed by atoms with Gasteiger partial charge in [0.25, 0.3) is 8.32 Å². The summed E-state index contributed by atoms with van der Waals surface area (Å²) in [6, 6.07) is 30.4. The number of rotatable bonds is 10. The lowest BCUT2D eigenvalue weighted by Gasteiger charge is -2.43. The number of alkyl halides is 1. The van der Waals surface area contributed by atoms with Crippen molar-refractivity contribution in [2.75, 3.05) is 12.4 Å². The molecule has 0 saturated heterocycles. The Labute approximate surface area is 216 Å². The van der Waals surface area contributed by atoms with Gasteiger partial charge in [-0.1, -0.05) is 122 Å². The third-order valence-corrected chi connectivity index (χ3v) is 13.7. The van der Waals surface area contributed by atoms with E-state index in [-0.39, 0.29) is 15.8 Å². The van der Waals surface area contributed by atoms with Gasteiger partial charge in [0.1, 0.15) is 0 Å². The fourth-order valence-corrected chi connectivity index (χ4v) is 11.2. The van der Waals surface area contributed by atoms with Crippen molar-refractivity contribution in [1.82, 2.24) is 0 Å². The number of benzene rings is 3. The van der Waals surface area contributed by atoms with Crippen LogP contribution in [0.3, 0.4) is 0 Å². The molecule has 0 unspecified atom stereocenters. The van der Waals surface area contributed by atoms with Gasteiger partial charge in [-0.15, -0.1) is 0 Å². The minimum atomic E-state index is -2.68. The van der Waals surface area contributed by atoms with Gasteiger partial charge < -0.3 is 9.53 Å². The lowest BCUT2D eigenvalue weighted by atomic mass is 10.0. The summed E-state index contributed by atoms with van der Waals surface area (Å²) in [5, 5.41) is 13.4. The molecular formula is C28H35BrO3SSi. The first-order chi connectivity index (χ1) is 16.2. The topological polar surface area (TPSA) is 46.5 Å². The van der Waals surface area contributed by atoms with E-state index >= 15 is 0 Å². The van der Waals surface area contributed by atoms with Crippen LogP contribution in [0.2, 0.25) is 5.04 Å². The van der Waals surface area contributed by atoms with Crippen LogP contribution >= 0.6 is 15.9 Å². The van der Waals surface area contributed by atoms with E-state index in [0.717, 1.165) is 4.90 Å². The Morgan fingerprint density at radius 1 is 0.882 bits per heavy atom. The van der Waals surface area contributed by atoms with Crippen molar-refractivity contribution >= 4 is 45.4 Å². The van der Waals surface area contributed by atoms with Crippen molar-refractivity contribution in [3.05, 3.63) is 91.0 Å². The normalized spacial score (nSPS) is 15.9. The van der Waals surface area contributed by atoms with Crippen molar-refractivity contribution in [2.24, 2.45) is 5.92 Å². The highest BCUT2D eigenvalue weighted by atomic mass is 79.9. The van der Waals surface area contributed by atoms with Crippen molar-refractivity contribution in [3.8, 4) is 0 Å². The van der Waals surface area contributed by atoms with Crippen molar-refractivity contribution < 1.29 is 13.7 Å². The Hall–Kier alpha value is -1.57. The molecule has 0 heterocycles. The molecule has 0 spiro atoms. The molecule has 0 aliphatic carbocycles. The highest BCUT2D eigenvalue weighted by Crippen LogP contribution is 2.37. The smallest absolute Gasteiger partial charge is 0.261 e. The van der Waals surface area contributed by atoms with E-state index < -0.39 is 25.2 Å². The van der Waals surface area contributed by atoms with Crippen LogP contribution in [-0.4, -0.2) is 40.9 Å². The average Bonchev–Trinajstić information content (AvgIpc) is 2.84. The average molecular weight is 560 g/mol. The molecule has 0 aliphatic heterocycles. The van der Waals surface area contributed by atoms with E-state index in [4.69, 9.17) is 4.43 Å². The minimum Gasteiger partial charge on any atom is -0.406 e. The van der Waals surface area contributed by atoms with E-state index in [1.165, 1.54) is 10.4 Å². The van der Waals surface area contributed by atoms with Crippen LogP contribution in [0, 0.1) is 5.92 Å². The highest BCUT2D eigenvalue weighted by Gasteiger charge is 2.50. The van der Waals surface area contributed by atoms with Gasteiger partial charge in [-0.3, -0.25) is 4.21 Å². The second-order valence-electron chi connectivity index (χ2n) is 9.78. The maximum atomic E-state index is 12.8. The lowest BCUT2D eigenvalue weighted by Crippen LogP contribution is -2.67. The number of hydrogen-bond acceptors (Lipinski definition) is 3. The van der Waals surface area contributed by atoms with E-state index in [0.29, 0.717) is 12.4 Å². The molecule has 3 rings (SSSR count). The zero-order valence-corrected chi connectivity index (χ0v) is 23.8. The quantitative estimate of drug-likeness (QED) is 0.277. The minimum absolute atomic E-state index is 0.131. The molecule has 1 N–H and O–H groups in total. The molecule has 34 heavy (non-hydrogen) atoms. The third-order valence-electron chi connectivity index (χ3n) is 6.25. The van der Waals surface area contributed by atoms with Crippen LogP contribution in [0.1, 0.15) is 27.7 Å². The summed E-state index contributed by atoms with van der Waals surface area (Å²) in [5.74, 6) is 0.236. The standard InChI is InChI=1S/C28H35BrO3SSi/c1-22(21-33(31)23-14-8-5-9-15-23)27(30)26(29)20-32-34(28(2,3)4,24-16-10-6-11-17-24)25-18-12-7-13-19-25/h5-19,22,26-27,30H,20-21H2,1-4H3/t22-,26+,27-,33-/m1/s1. The van der Waals surface area contributed by atoms with Crippen LogP contribution in [0.15, 0.2) is 95.9 Å². The molecule has 0 aromatic heterocycles. The van der Waals surface area contributed by atoms with Gasteiger partial charge in [-0.2, -0.15) is 0 Å². The predicted octanol–water partition coefficient (Wildman–Crippen LogP) is 5.13. The second kappa shape index (κ2) is 11.9. The Morgan fingerprint density at radius 2 is 1.32 bits per heavy atom. The first-order valence-electron chi connectivity index (χ1n) is 11.7. The molecule has 4 atom stereocenters. The monoisotopic (exact) mass is 558 g/mol. The van der Waals surface area contributed by atoms with Crippen LogP contribution in [0.4, 0.5) is 0 Å². The molecule has 0 radical (unpaired) electrons. The molecule has 0 bridgehead atoms. The summed E-state index contributed by atoms with van der Waals surface area (Å²) in [6.45, 7) is 9.03. The summed E-state index contributed by atoms with van der Waals surface area (Å²) in [4.78, 5) is 0.508. The van der Waals surface area contributed by atoms with Gasteiger partial charge in [0.2, 0.25) is 0 Å². The molecule has 0 fully saturated rings. The molecule has 3 nitrogen and oxygen atoms in total. The Morgan fingerprint density at radius 3 is 1.76 bits per heavy atom. The zero-order valence-electron chi connectivity index (χ0n) is 20.4. The van der Waals surface area contributed by atoms with Gasteiger partial charge in [0, 0.05) is 17.3 Å². The second-order valence-corrected chi connectivity index (χ2v) is 16.8. The Balaban J connectivity index is 1.81. The summed E-state index contributed by atoms with van der Waals surface area (Å²) in [6.07, 6.45) is -0.689. The molecule has 3 aromatic carbocycles. The molecule has 6 heteroatoms. The van der Waals surface area contributed by atoms with Crippen LogP contribution in [0.5, 0.6) is 0 Å². The van der Waals surface area contributed by atoms with Crippen molar-refractivity contribution in [3.63, 3.8) is 0 Å². The summed E-state index contributed by atoms with van der Waals surface area (Å²) < 4.78 is 19.7. The largest absolute Gasteiger partial charge is 0.406 e. The van der Waals surface area contributed by atoms with E-state index in [1.807, 2.05) is 49.4 Å². The van der Waals surface area contributed by atoms with Crippen LogP contribution < -0.4 is 10.4 Å². The maximum Gasteiger partial charge on any atom is 0.261 e. The molecular weight excluding hydrogens is 524 g/mol. The molecule has 182 valence electrons. The molecule has 3 aromatic rings. The van der Waals surface area contributed by atoms with Gasteiger partial charge >= 0.3 is 0 Å². The summed E-state index contributed by atoms with van der Waals surface area (Å²) in [5.41, 5.74) is 0. The SMILES string of the molecule is C[C@H](C[S@@](=O)c1ccccc1)[C@@H](O)[C@@H](Br)CO[Si](c1ccccc1)(c1ccccc1)C(C)(C)C. The Kier molecular flexibility index (Phi) is 9.47. The van der Waals surface area contributed by atoms with E-state index in [9.17, 15) is 9.32 Å². The maximum absolute atomic E-state index is 12.8. The molecule has 0 aliphatic rings. The summed E-state index contributed by atoms with van der Waals surface area (Å²) in [7, 11) is -3.84. The number of aliphatic hydroxyl groups is 1. The number of aliphatic hydroxyl groups excluding tert-OH is 1. The van der Waals surface area contributed by atoms with Gasteiger partial charge in [-0.05, 0) is 33.5 Å². The van der Waals surface area contributed by atoms with Crippen LogP contribution in [-0.2, 0) is 15.2 Å². The zero-order chi connectivity index (χ0) is 24.8. The van der Waals surface area contributed by atoms with Gasteiger partial charge in [-0.25, -0.2) is 0 Å². The van der Waals surface area contributed by atoms with Crippen LogP contribution in [0.25, 0.3) is 0 Å². The highest BCUT2D eigenvalue weighted by molar-refractivity contribution is 9.09. The van der Waals surface area contributed by atoms with Gasteiger partial charge in [0.05, 0.1) is 21.7 Å². The fourth-order valence-electron chi connectivity index (χ4n) is 4.43. The fraction of sp³-hybridized carbons (Fsp3) is 0.357. The van der Waals surface area contributed by atoms with Crippen molar-refractivity contribution in [1.29, 1.82) is 0 Å². The third kappa shape index (κ3) is 6.16. The molecule has 0 saturated carbocycles. The first-order valence-corrected chi connectivity index (χ1v) is 15.8. The molecule has 0 amide bonds. The van der Waals surface area contributed by atoms with Gasteiger partial charge in [0.15, 0.2) is 0 Å². The summed E-state index contributed by atoms with van der Waals surface area (Å²) >= 11 is 3.70. The first kappa shape index (κ1) is 27.0. The predicted molar refractivity (Wildman–Crippen MR) is 149 cm³/mol. The van der Waals surface area contributed by atoms with Crippen molar-refractivity contribution in [2.45, 2.75) is 48.6 Å². The number of hydrogen-bond donors (Lipinski definition) is 1. The number of halogens is 1.